The van der Waals surface area contributed by atoms with Gasteiger partial charge in [-0.25, -0.2) is 4.98 Å². The van der Waals surface area contributed by atoms with Gasteiger partial charge in [-0.1, -0.05) is 0 Å². The van der Waals surface area contributed by atoms with Crippen LogP contribution in [0.2, 0.25) is 0 Å². The van der Waals surface area contributed by atoms with Crippen LogP contribution >= 0.6 is 11.3 Å². The van der Waals surface area contributed by atoms with E-state index >= 15 is 0 Å². The summed E-state index contributed by atoms with van der Waals surface area (Å²) in [6.45, 7) is 11.3. The molecule has 0 aromatic carbocycles. The van der Waals surface area contributed by atoms with Crippen molar-refractivity contribution in [2.75, 3.05) is 44.2 Å². The maximum absolute atomic E-state index is 12.9. The molecule has 0 aliphatic carbocycles. The van der Waals surface area contributed by atoms with Crippen molar-refractivity contribution in [3.8, 4) is 0 Å². The van der Waals surface area contributed by atoms with Gasteiger partial charge < -0.3 is 14.5 Å². The number of nitrogens with zero attached hydrogens (tertiary/aromatic N) is 4. The fourth-order valence-electron chi connectivity index (χ4n) is 3.67. The monoisotopic (exact) mass is 352 g/mol. The first-order valence-electron chi connectivity index (χ1n) is 8.87. The molecule has 0 spiro atoms. The minimum absolute atomic E-state index is 0.0706. The Kier molecular flexibility index (Phi) is 5.73. The molecule has 2 saturated heterocycles. The van der Waals surface area contributed by atoms with Crippen LogP contribution in [0, 0.1) is 0 Å². The van der Waals surface area contributed by atoms with Crippen molar-refractivity contribution in [1.29, 1.82) is 0 Å². The van der Waals surface area contributed by atoms with Crippen LogP contribution < -0.4 is 4.90 Å². The second-order valence-corrected chi connectivity index (χ2v) is 7.74. The van der Waals surface area contributed by atoms with E-state index in [4.69, 9.17) is 4.74 Å². The average Bonchev–Trinajstić information content (AvgIpc) is 2.97. The van der Waals surface area contributed by atoms with Crippen molar-refractivity contribution < 1.29 is 9.53 Å². The van der Waals surface area contributed by atoms with Crippen molar-refractivity contribution in [3.05, 3.63) is 11.6 Å². The Bertz CT molecular complexity index is 529. The van der Waals surface area contributed by atoms with Gasteiger partial charge in [-0.15, -0.1) is 11.3 Å². The molecule has 3 atom stereocenters. The molecule has 2 aliphatic rings. The van der Waals surface area contributed by atoms with E-state index < -0.39 is 0 Å². The maximum Gasteiger partial charge on any atom is 0.239 e. The van der Waals surface area contributed by atoms with Gasteiger partial charge in [-0.3, -0.25) is 9.69 Å². The molecule has 7 heteroatoms. The van der Waals surface area contributed by atoms with Crippen molar-refractivity contribution in [3.63, 3.8) is 0 Å². The zero-order chi connectivity index (χ0) is 17.1. The summed E-state index contributed by atoms with van der Waals surface area (Å²) in [5, 5.41) is 3.11. The summed E-state index contributed by atoms with van der Waals surface area (Å²) in [4.78, 5) is 24.0. The van der Waals surface area contributed by atoms with Gasteiger partial charge in [0.15, 0.2) is 5.13 Å². The molecular formula is C17H28N4O2S. The molecular weight excluding hydrogens is 324 g/mol. The number of aromatic nitrogens is 1. The molecule has 0 radical (unpaired) electrons. The molecule has 1 aromatic heterocycles. The highest BCUT2D eigenvalue weighted by atomic mass is 32.1. The molecule has 0 saturated carbocycles. The van der Waals surface area contributed by atoms with Crippen molar-refractivity contribution in [1.82, 2.24) is 14.8 Å². The summed E-state index contributed by atoms with van der Waals surface area (Å²) < 4.78 is 5.75. The standard InChI is InChI=1S/C17H28N4O2S/c1-13-11-21(12-14(2)23-13)16(22)15(3)19-6-4-7-20(9-8-19)17-18-5-10-24-17/h5,10,13-15H,4,6-9,11-12H2,1-3H3/t13-,14-,15+/m1/s1. The number of ether oxygens (including phenoxy) is 1. The van der Waals surface area contributed by atoms with Gasteiger partial charge >= 0.3 is 0 Å². The highest BCUT2D eigenvalue weighted by Gasteiger charge is 2.32. The molecule has 2 fully saturated rings. The summed E-state index contributed by atoms with van der Waals surface area (Å²) in [7, 11) is 0. The molecule has 134 valence electrons. The number of morpholine rings is 1. The van der Waals surface area contributed by atoms with Crippen LogP contribution in [0.5, 0.6) is 0 Å². The summed E-state index contributed by atoms with van der Waals surface area (Å²) in [6, 6.07) is -0.0706. The Morgan fingerprint density at radius 1 is 1.25 bits per heavy atom. The third-order valence-corrected chi connectivity index (χ3v) is 5.69. The lowest BCUT2D eigenvalue weighted by atomic mass is 10.1. The van der Waals surface area contributed by atoms with Crippen molar-refractivity contribution in [2.45, 2.75) is 45.4 Å². The maximum atomic E-state index is 12.9. The van der Waals surface area contributed by atoms with E-state index in [-0.39, 0.29) is 24.2 Å². The summed E-state index contributed by atoms with van der Waals surface area (Å²) in [6.07, 6.45) is 3.16. The fraction of sp³-hybridized carbons (Fsp3) is 0.765. The van der Waals surface area contributed by atoms with Crippen LogP contribution in [0.3, 0.4) is 0 Å². The number of carbonyl (C=O) groups excluding carboxylic acids is 1. The lowest BCUT2D eigenvalue weighted by molar-refractivity contribution is -0.148. The molecule has 1 aromatic rings. The largest absolute Gasteiger partial charge is 0.372 e. The van der Waals surface area contributed by atoms with Crippen LogP contribution in [0.1, 0.15) is 27.2 Å². The number of anilines is 1. The zero-order valence-electron chi connectivity index (χ0n) is 14.9. The van der Waals surface area contributed by atoms with E-state index in [0.29, 0.717) is 13.1 Å². The SMILES string of the molecule is C[C@@H]1CN(C(=O)[C@H](C)N2CCCN(c3nccs3)CC2)C[C@@H](C)O1. The quantitative estimate of drug-likeness (QED) is 0.828. The van der Waals surface area contributed by atoms with Crippen molar-refractivity contribution in [2.24, 2.45) is 0 Å². The summed E-state index contributed by atoms with van der Waals surface area (Å²) >= 11 is 1.69. The average molecular weight is 353 g/mol. The second kappa shape index (κ2) is 7.80. The van der Waals surface area contributed by atoms with Crippen LogP contribution in [0.4, 0.5) is 5.13 Å². The van der Waals surface area contributed by atoms with Gasteiger partial charge in [0.05, 0.1) is 18.2 Å². The van der Waals surface area contributed by atoms with E-state index in [1.54, 1.807) is 11.3 Å². The lowest BCUT2D eigenvalue weighted by Gasteiger charge is -2.38. The molecule has 3 heterocycles. The molecule has 0 unspecified atom stereocenters. The predicted octanol–water partition coefficient (Wildman–Crippen LogP) is 1.68. The number of hydrogen-bond acceptors (Lipinski definition) is 6. The summed E-state index contributed by atoms with van der Waals surface area (Å²) in [5.41, 5.74) is 0. The van der Waals surface area contributed by atoms with E-state index in [1.165, 1.54) is 0 Å². The van der Waals surface area contributed by atoms with Crippen LogP contribution in [0.25, 0.3) is 0 Å². The molecule has 3 rings (SSSR count). The highest BCUT2D eigenvalue weighted by molar-refractivity contribution is 7.13. The molecule has 2 aliphatic heterocycles. The third-order valence-electron chi connectivity index (χ3n) is 4.86. The molecule has 1 amide bonds. The topological polar surface area (TPSA) is 48.9 Å². The Morgan fingerprint density at radius 3 is 2.67 bits per heavy atom. The Balaban J connectivity index is 1.58. The molecule has 0 N–H and O–H groups in total. The number of hydrogen-bond donors (Lipinski definition) is 0. The van der Waals surface area contributed by atoms with Crippen LogP contribution in [0.15, 0.2) is 11.6 Å². The first-order valence-corrected chi connectivity index (χ1v) is 9.75. The third kappa shape index (κ3) is 4.07. The predicted molar refractivity (Wildman–Crippen MR) is 96.6 cm³/mol. The highest BCUT2D eigenvalue weighted by Crippen LogP contribution is 2.20. The number of amides is 1. The van der Waals surface area contributed by atoms with Crippen LogP contribution in [-0.4, -0.2) is 78.2 Å². The van der Waals surface area contributed by atoms with Gasteiger partial charge in [0.25, 0.3) is 0 Å². The molecule has 6 nitrogen and oxygen atoms in total. The van der Waals surface area contributed by atoms with E-state index in [9.17, 15) is 4.79 Å². The first kappa shape index (κ1) is 17.6. The Hall–Kier alpha value is -1.18. The lowest BCUT2D eigenvalue weighted by Crippen LogP contribution is -2.54. The first-order chi connectivity index (χ1) is 11.5. The molecule has 0 bridgehead atoms. The number of rotatable bonds is 3. The van der Waals surface area contributed by atoms with E-state index in [1.807, 2.05) is 37.2 Å². The van der Waals surface area contributed by atoms with E-state index in [0.717, 1.165) is 37.7 Å². The minimum atomic E-state index is -0.0706. The fourth-order valence-corrected chi connectivity index (χ4v) is 4.36. The molecule has 24 heavy (non-hydrogen) atoms. The zero-order valence-corrected chi connectivity index (χ0v) is 15.7. The summed E-state index contributed by atoms with van der Waals surface area (Å²) in [5.74, 6) is 0.236. The van der Waals surface area contributed by atoms with Gasteiger partial charge in [0, 0.05) is 50.8 Å². The normalized spacial score (nSPS) is 27.8. The van der Waals surface area contributed by atoms with Gasteiger partial charge in [-0.05, 0) is 27.2 Å². The Labute approximate surface area is 148 Å². The van der Waals surface area contributed by atoms with Gasteiger partial charge in [0.1, 0.15) is 0 Å². The van der Waals surface area contributed by atoms with Crippen LogP contribution in [-0.2, 0) is 9.53 Å². The minimum Gasteiger partial charge on any atom is -0.372 e. The second-order valence-electron chi connectivity index (χ2n) is 6.87. The van der Waals surface area contributed by atoms with E-state index in [2.05, 4.69) is 14.8 Å². The van der Waals surface area contributed by atoms with Crippen molar-refractivity contribution >= 4 is 22.4 Å². The van der Waals surface area contributed by atoms with Gasteiger partial charge in [0.2, 0.25) is 5.91 Å². The number of carbonyl (C=O) groups is 1. The van der Waals surface area contributed by atoms with Gasteiger partial charge in [-0.2, -0.15) is 0 Å². The number of thiazole rings is 1. The Morgan fingerprint density at radius 2 is 2.00 bits per heavy atom. The smallest absolute Gasteiger partial charge is 0.239 e.